The van der Waals surface area contributed by atoms with Crippen LogP contribution in [0.3, 0.4) is 0 Å². The average molecular weight is 554 g/mol. The minimum absolute atomic E-state index is 0.213. The van der Waals surface area contributed by atoms with Crippen LogP contribution in [0.1, 0.15) is 25.5 Å². The zero-order chi connectivity index (χ0) is 22.4. The van der Waals surface area contributed by atoms with Crippen molar-refractivity contribution in [2.75, 3.05) is 33.2 Å². The Balaban J connectivity index is 1.75. The van der Waals surface area contributed by atoms with Crippen molar-refractivity contribution in [3.63, 3.8) is 0 Å². The van der Waals surface area contributed by atoms with Gasteiger partial charge in [-0.2, -0.15) is 0 Å². The molecule has 9 heteroatoms. The van der Waals surface area contributed by atoms with E-state index in [1.807, 2.05) is 50.4 Å². The Morgan fingerprint density at radius 3 is 2.68 bits per heavy atom. The number of nitrogens with two attached hydrogens (primary N) is 2. The van der Waals surface area contributed by atoms with E-state index in [9.17, 15) is 0 Å². The predicted octanol–water partition coefficient (Wildman–Crippen LogP) is 3.91. The molecule has 0 radical (unpaired) electrons. The lowest BCUT2D eigenvalue weighted by atomic mass is 10.0. The van der Waals surface area contributed by atoms with Gasteiger partial charge in [0.05, 0.1) is 15.9 Å². The minimum Gasteiger partial charge on any atom is -0.438 e. The summed E-state index contributed by atoms with van der Waals surface area (Å²) in [5, 5.41) is 5.00. The third-order valence-electron chi connectivity index (χ3n) is 5.33. The van der Waals surface area contributed by atoms with E-state index in [1.165, 1.54) is 0 Å². The molecule has 0 unspecified atom stereocenters. The molecule has 1 aliphatic rings. The molecule has 1 aromatic carbocycles. The number of likely N-dealkylation sites (N-methyl/N-ethyl adjacent to an activating group) is 1. The molecule has 0 atom stereocenters. The molecular formula is C22H30Br2N6O. The van der Waals surface area contributed by atoms with E-state index in [0.29, 0.717) is 23.0 Å². The number of nitrogens with one attached hydrogen (secondary N) is 1. The van der Waals surface area contributed by atoms with Crippen molar-refractivity contribution in [1.29, 1.82) is 0 Å². The van der Waals surface area contributed by atoms with Crippen molar-refractivity contribution >= 4 is 37.6 Å². The number of aromatic nitrogens is 1. The van der Waals surface area contributed by atoms with E-state index in [2.05, 4.69) is 42.1 Å². The third-order valence-corrected chi connectivity index (χ3v) is 6.48. The number of rotatable bonds is 8. The Kier molecular flexibility index (Phi) is 8.74. The van der Waals surface area contributed by atoms with Crippen molar-refractivity contribution < 1.29 is 4.74 Å². The highest BCUT2D eigenvalue weighted by Gasteiger charge is 2.26. The van der Waals surface area contributed by atoms with E-state index in [4.69, 9.17) is 21.3 Å². The predicted molar refractivity (Wildman–Crippen MR) is 132 cm³/mol. The number of allylic oxidation sites excluding steroid dienone is 1. The molecule has 5 N–H and O–H groups in total. The number of pyridine rings is 1. The van der Waals surface area contributed by atoms with Gasteiger partial charge in [0.15, 0.2) is 0 Å². The second-order valence-corrected chi connectivity index (χ2v) is 9.42. The van der Waals surface area contributed by atoms with Crippen LogP contribution in [0.2, 0.25) is 0 Å². The number of piperidine rings is 1. The van der Waals surface area contributed by atoms with Crippen LogP contribution in [0.4, 0.5) is 0 Å². The Bertz CT molecular complexity index is 911. The molecule has 0 amide bonds. The van der Waals surface area contributed by atoms with Gasteiger partial charge in [-0.1, -0.05) is 22.0 Å². The number of nitrogens with zero attached hydrogens (tertiary/aromatic N) is 3. The molecule has 168 valence electrons. The fourth-order valence-corrected chi connectivity index (χ4v) is 4.35. The first-order valence-electron chi connectivity index (χ1n) is 10.4. The van der Waals surface area contributed by atoms with Crippen LogP contribution in [0.5, 0.6) is 11.6 Å². The fraction of sp³-hybridized carbons (Fsp3) is 0.409. The summed E-state index contributed by atoms with van der Waals surface area (Å²) >= 11 is 6.99. The van der Waals surface area contributed by atoms with E-state index in [-0.39, 0.29) is 6.04 Å². The van der Waals surface area contributed by atoms with Crippen molar-refractivity contribution in [3.05, 3.63) is 56.7 Å². The van der Waals surface area contributed by atoms with Crippen molar-refractivity contribution in [2.45, 2.75) is 25.8 Å². The van der Waals surface area contributed by atoms with Crippen molar-refractivity contribution in [1.82, 2.24) is 20.2 Å². The van der Waals surface area contributed by atoms with E-state index in [1.54, 1.807) is 5.01 Å². The maximum atomic E-state index is 6.59. The summed E-state index contributed by atoms with van der Waals surface area (Å²) in [5.41, 5.74) is 8.33. The summed E-state index contributed by atoms with van der Waals surface area (Å²) in [7, 11) is 1.98. The van der Waals surface area contributed by atoms with Gasteiger partial charge in [-0.3, -0.25) is 0 Å². The second-order valence-electron chi connectivity index (χ2n) is 7.65. The largest absolute Gasteiger partial charge is 0.438 e. The van der Waals surface area contributed by atoms with Crippen molar-refractivity contribution in [3.8, 4) is 11.6 Å². The van der Waals surface area contributed by atoms with Crippen LogP contribution in [-0.2, 0) is 0 Å². The van der Waals surface area contributed by atoms with Gasteiger partial charge < -0.3 is 25.7 Å². The number of hydrogen-bond acceptors (Lipinski definition) is 7. The molecule has 2 heterocycles. The van der Waals surface area contributed by atoms with Gasteiger partial charge in [0, 0.05) is 48.5 Å². The lowest BCUT2D eigenvalue weighted by Crippen LogP contribution is -2.48. The van der Waals surface area contributed by atoms with Gasteiger partial charge in [-0.05, 0) is 67.0 Å². The molecule has 0 aliphatic carbocycles. The highest BCUT2D eigenvalue weighted by atomic mass is 79.9. The molecule has 0 spiro atoms. The molecule has 0 saturated carbocycles. The van der Waals surface area contributed by atoms with Crippen molar-refractivity contribution in [2.24, 2.45) is 11.6 Å². The standard InChI is InChI=1S/C22H30Br2N6O/c1-15(25)22(30(26)17-8-11-29(12-9-17)13-10-27-2)19-4-3-5-21(28-19)31-20-14-16(23)6-7-18(20)24/h3-7,14,17,27H,8-13,25-26H2,1-2H3/b22-15-. The number of halogens is 2. The number of likely N-dealkylation sites (tertiary alicyclic amines) is 1. The lowest BCUT2D eigenvalue weighted by molar-refractivity contribution is 0.149. The topological polar surface area (TPSA) is 92.7 Å². The minimum atomic E-state index is 0.213. The fourth-order valence-electron chi connectivity index (χ4n) is 3.68. The smallest absolute Gasteiger partial charge is 0.219 e. The van der Waals surface area contributed by atoms with Crippen LogP contribution in [0, 0.1) is 0 Å². The quantitative estimate of drug-likeness (QED) is 0.337. The van der Waals surface area contributed by atoms with Gasteiger partial charge >= 0.3 is 0 Å². The summed E-state index contributed by atoms with van der Waals surface area (Å²) in [6, 6.07) is 11.6. The first-order chi connectivity index (χ1) is 14.9. The number of hydrazine groups is 1. The molecule has 31 heavy (non-hydrogen) atoms. The monoisotopic (exact) mass is 552 g/mol. The van der Waals surface area contributed by atoms with Crippen LogP contribution in [0.25, 0.3) is 5.70 Å². The van der Waals surface area contributed by atoms with E-state index in [0.717, 1.165) is 53.7 Å². The zero-order valence-corrected chi connectivity index (χ0v) is 21.1. The van der Waals surface area contributed by atoms with Gasteiger partial charge in [-0.15, -0.1) is 0 Å². The van der Waals surface area contributed by atoms with Gasteiger partial charge in [0.25, 0.3) is 0 Å². The highest BCUT2D eigenvalue weighted by Crippen LogP contribution is 2.32. The molecule has 1 aromatic heterocycles. The summed E-state index contributed by atoms with van der Waals surface area (Å²) < 4.78 is 7.79. The van der Waals surface area contributed by atoms with Crippen LogP contribution >= 0.6 is 31.9 Å². The van der Waals surface area contributed by atoms with Gasteiger partial charge in [0.2, 0.25) is 5.88 Å². The molecular weight excluding hydrogens is 524 g/mol. The maximum Gasteiger partial charge on any atom is 0.219 e. The van der Waals surface area contributed by atoms with E-state index < -0.39 is 0 Å². The maximum absolute atomic E-state index is 6.59. The average Bonchev–Trinajstić information content (AvgIpc) is 2.75. The number of hydrogen-bond donors (Lipinski definition) is 3. The van der Waals surface area contributed by atoms with Crippen LogP contribution in [0.15, 0.2) is 51.0 Å². The third kappa shape index (κ3) is 6.43. The Morgan fingerprint density at radius 1 is 1.26 bits per heavy atom. The molecule has 1 aliphatic heterocycles. The molecule has 0 bridgehead atoms. The van der Waals surface area contributed by atoms with Gasteiger partial charge in [0.1, 0.15) is 5.75 Å². The summed E-state index contributed by atoms with van der Waals surface area (Å²) in [6.45, 7) is 5.94. The highest BCUT2D eigenvalue weighted by molar-refractivity contribution is 9.11. The molecule has 1 saturated heterocycles. The lowest BCUT2D eigenvalue weighted by Gasteiger charge is -2.38. The zero-order valence-electron chi connectivity index (χ0n) is 17.9. The Hall–Kier alpha value is -1.65. The summed E-state index contributed by atoms with van der Waals surface area (Å²) in [5.74, 6) is 7.74. The normalized spacial score (nSPS) is 16.2. The SMILES string of the molecule is CNCCN1CCC(N(N)/C(=C(/C)N)c2cccc(Oc3cc(Br)ccc3Br)n2)CC1. The van der Waals surface area contributed by atoms with Crippen LogP contribution in [-0.4, -0.2) is 54.2 Å². The number of benzene rings is 1. The number of ether oxygens (including phenoxy) is 1. The molecule has 7 nitrogen and oxygen atoms in total. The first kappa shape index (κ1) is 24.0. The van der Waals surface area contributed by atoms with E-state index >= 15 is 0 Å². The first-order valence-corrected chi connectivity index (χ1v) is 11.9. The summed E-state index contributed by atoms with van der Waals surface area (Å²) in [4.78, 5) is 7.16. The van der Waals surface area contributed by atoms with Gasteiger partial charge in [-0.25, -0.2) is 10.8 Å². The Labute approximate surface area is 201 Å². The second kappa shape index (κ2) is 11.3. The van der Waals surface area contributed by atoms with Crippen LogP contribution < -0.4 is 21.6 Å². The summed E-state index contributed by atoms with van der Waals surface area (Å²) in [6.07, 6.45) is 1.97. The molecule has 1 fully saturated rings. The Morgan fingerprint density at radius 2 is 2.00 bits per heavy atom. The molecule has 3 rings (SSSR count). The molecule has 2 aromatic rings.